The predicted molar refractivity (Wildman–Crippen MR) is 159 cm³/mol. The van der Waals surface area contributed by atoms with E-state index in [1.807, 2.05) is 12.1 Å². The minimum atomic E-state index is -4.60. The number of nitrogen functional groups attached to an aromatic ring is 1. The van der Waals surface area contributed by atoms with Gasteiger partial charge in [0.25, 0.3) is 0 Å². The first kappa shape index (κ1) is 30.6. The van der Waals surface area contributed by atoms with E-state index >= 15 is 0 Å². The molecule has 43 heavy (non-hydrogen) atoms. The Balaban J connectivity index is 1.38. The summed E-state index contributed by atoms with van der Waals surface area (Å²) >= 11 is 0. The number of ether oxygens (including phenoxy) is 2. The van der Waals surface area contributed by atoms with Gasteiger partial charge in [-0.05, 0) is 73.0 Å². The Morgan fingerprint density at radius 2 is 1.79 bits per heavy atom. The van der Waals surface area contributed by atoms with Crippen LogP contribution in [0.15, 0.2) is 42.5 Å². The van der Waals surface area contributed by atoms with Crippen molar-refractivity contribution < 1.29 is 27.4 Å². The fraction of sp³-hybridized carbons (Fsp3) is 0.452. The molecule has 2 aliphatic heterocycles. The Labute approximate surface area is 249 Å². The number of nitrogens with zero attached hydrogens (tertiary/aromatic N) is 4. The van der Waals surface area contributed by atoms with Gasteiger partial charge in [-0.25, -0.2) is 0 Å². The Morgan fingerprint density at radius 1 is 1.09 bits per heavy atom. The molecule has 0 atom stereocenters. The third-order valence-electron chi connectivity index (χ3n) is 7.95. The second-order valence-electron chi connectivity index (χ2n) is 11.0. The van der Waals surface area contributed by atoms with Crippen LogP contribution in [0.1, 0.15) is 42.4 Å². The van der Waals surface area contributed by atoms with Crippen LogP contribution in [-0.4, -0.2) is 61.2 Å². The Kier molecular flexibility index (Phi) is 9.66. The molecule has 5 rings (SSSR count). The van der Waals surface area contributed by atoms with Gasteiger partial charge in [0.15, 0.2) is 11.6 Å². The number of halogens is 3. The number of nitrogens with one attached hydrogen (secondary N) is 1. The van der Waals surface area contributed by atoms with Crippen LogP contribution in [0.3, 0.4) is 0 Å². The van der Waals surface area contributed by atoms with Crippen molar-refractivity contribution in [3.63, 3.8) is 0 Å². The molecule has 1 amide bonds. The summed E-state index contributed by atoms with van der Waals surface area (Å²) in [6, 6.07) is 11.3. The van der Waals surface area contributed by atoms with Crippen molar-refractivity contribution in [3.8, 4) is 17.1 Å². The standard InChI is InChI=1S/C31H37F3N6O3/c1-36-27-28(35)37-30(43-19-22-10-14-42-15-11-22)38-29(27)40(20-41)18-23-6-9-25(26(16-23)31(32,33)34)24-7-4-21(5-8-24)17-39-12-2-3-13-39/h4-9,16,20,22,36H,2-3,10-15,17-19H2,1H3,(H2,35,37,38). The fourth-order valence-corrected chi connectivity index (χ4v) is 5.59. The zero-order chi connectivity index (χ0) is 30.4. The van der Waals surface area contributed by atoms with Crippen LogP contribution in [0.25, 0.3) is 11.1 Å². The van der Waals surface area contributed by atoms with Crippen LogP contribution >= 0.6 is 0 Å². The summed E-state index contributed by atoms with van der Waals surface area (Å²) in [7, 11) is 1.59. The first-order valence-electron chi connectivity index (χ1n) is 14.5. The summed E-state index contributed by atoms with van der Waals surface area (Å²) in [5.74, 6) is 0.438. The molecule has 0 unspecified atom stereocenters. The van der Waals surface area contributed by atoms with Gasteiger partial charge in [0, 0.05) is 26.8 Å². The van der Waals surface area contributed by atoms with E-state index in [0.29, 0.717) is 31.8 Å². The monoisotopic (exact) mass is 598 g/mol. The zero-order valence-corrected chi connectivity index (χ0v) is 24.2. The molecule has 0 saturated carbocycles. The van der Waals surface area contributed by atoms with E-state index in [-0.39, 0.29) is 46.9 Å². The average molecular weight is 599 g/mol. The summed E-state index contributed by atoms with van der Waals surface area (Å²) in [6.45, 7) is 4.37. The third-order valence-corrected chi connectivity index (χ3v) is 7.95. The van der Waals surface area contributed by atoms with E-state index in [0.717, 1.165) is 44.1 Å². The van der Waals surface area contributed by atoms with Gasteiger partial charge in [0.1, 0.15) is 5.69 Å². The number of rotatable bonds is 11. The summed E-state index contributed by atoms with van der Waals surface area (Å²) in [4.78, 5) is 24.4. The van der Waals surface area contributed by atoms with Crippen LogP contribution in [0, 0.1) is 5.92 Å². The normalized spacial score (nSPS) is 16.3. The maximum atomic E-state index is 14.3. The number of aromatic nitrogens is 2. The van der Waals surface area contributed by atoms with Gasteiger partial charge in [-0.3, -0.25) is 14.6 Å². The third kappa shape index (κ3) is 7.55. The summed E-state index contributed by atoms with van der Waals surface area (Å²) in [6.07, 6.45) is -0.0621. The molecule has 2 fully saturated rings. The zero-order valence-electron chi connectivity index (χ0n) is 24.2. The lowest BCUT2D eigenvalue weighted by Gasteiger charge is -2.24. The maximum Gasteiger partial charge on any atom is 0.417 e. The molecule has 12 heteroatoms. The highest BCUT2D eigenvalue weighted by molar-refractivity contribution is 5.85. The van der Waals surface area contributed by atoms with E-state index in [2.05, 4.69) is 20.2 Å². The van der Waals surface area contributed by atoms with Crippen LogP contribution in [0.2, 0.25) is 0 Å². The lowest BCUT2D eigenvalue weighted by molar-refractivity contribution is -0.137. The molecule has 9 nitrogen and oxygen atoms in total. The summed E-state index contributed by atoms with van der Waals surface area (Å²) < 4.78 is 54.1. The molecule has 3 aromatic rings. The van der Waals surface area contributed by atoms with Crippen molar-refractivity contribution in [1.82, 2.24) is 14.9 Å². The maximum absolute atomic E-state index is 14.3. The van der Waals surface area contributed by atoms with Gasteiger partial charge in [-0.15, -0.1) is 0 Å². The molecule has 2 saturated heterocycles. The Hall–Kier alpha value is -3.90. The molecule has 0 radical (unpaired) electrons. The highest BCUT2D eigenvalue weighted by Crippen LogP contribution is 2.39. The number of nitrogens with two attached hydrogens (primary N) is 1. The van der Waals surface area contributed by atoms with E-state index in [9.17, 15) is 18.0 Å². The smallest absolute Gasteiger partial charge is 0.417 e. The van der Waals surface area contributed by atoms with E-state index in [1.54, 1.807) is 25.2 Å². The first-order valence-corrected chi connectivity index (χ1v) is 14.5. The molecule has 1 aromatic heterocycles. The lowest BCUT2D eigenvalue weighted by Crippen LogP contribution is -2.25. The van der Waals surface area contributed by atoms with E-state index < -0.39 is 11.7 Å². The Morgan fingerprint density at radius 3 is 2.44 bits per heavy atom. The molecule has 3 heterocycles. The molecule has 2 aliphatic rings. The first-order chi connectivity index (χ1) is 20.7. The molecule has 3 N–H and O–H groups in total. The summed E-state index contributed by atoms with van der Waals surface area (Å²) in [5, 5.41) is 2.88. The quantitative estimate of drug-likeness (QED) is 0.285. The van der Waals surface area contributed by atoms with Gasteiger partial charge in [0.05, 0.1) is 18.7 Å². The lowest BCUT2D eigenvalue weighted by atomic mass is 9.96. The molecule has 2 aromatic carbocycles. The highest BCUT2D eigenvalue weighted by atomic mass is 19.4. The number of carbonyl (C=O) groups is 1. The average Bonchev–Trinajstić information content (AvgIpc) is 3.52. The largest absolute Gasteiger partial charge is 0.463 e. The number of alkyl halides is 3. The van der Waals surface area contributed by atoms with Gasteiger partial charge >= 0.3 is 12.2 Å². The van der Waals surface area contributed by atoms with Crippen molar-refractivity contribution >= 4 is 23.7 Å². The molecule has 0 bridgehead atoms. The van der Waals surface area contributed by atoms with Crippen molar-refractivity contribution in [3.05, 3.63) is 59.2 Å². The number of amides is 1. The van der Waals surface area contributed by atoms with Gasteiger partial charge in [0.2, 0.25) is 6.41 Å². The fourth-order valence-electron chi connectivity index (χ4n) is 5.59. The van der Waals surface area contributed by atoms with Gasteiger partial charge in [-0.2, -0.15) is 23.1 Å². The predicted octanol–water partition coefficient (Wildman–Crippen LogP) is 5.35. The minimum Gasteiger partial charge on any atom is -0.463 e. The van der Waals surface area contributed by atoms with E-state index in [1.165, 1.54) is 23.8 Å². The van der Waals surface area contributed by atoms with Crippen molar-refractivity contribution in [2.24, 2.45) is 5.92 Å². The van der Waals surface area contributed by atoms with Crippen molar-refractivity contribution in [2.45, 2.75) is 44.9 Å². The van der Waals surface area contributed by atoms with Gasteiger partial charge < -0.3 is 20.5 Å². The molecule has 0 aliphatic carbocycles. The van der Waals surface area contributed by atoms with Crippen molar-refractivity contribution in [1.29, 1.82) is 0 Å². The molecule has 230 valence electrons. The minimum absolute atomic E-state index is 0.00986. The topological polar surface area (TPSA) is 106 Å². The van der Waals surface area contributed by atoms with Crippen LogP contribution < -0.4 is 20.7 Å². The van der Waals surface area contributed by atoms with Crippen LogP contribution in [-0.2, 0) is 28.8 Å². The molecular formula is C31H37F3N6O3. The molecular weight excluding hydrogens is 561 g/mol. The van der Waals surface area contributed by atoms with Crippen molar-refractivity contribution in [2.75, 3.05) is 55.9 Å². The number of likely N-dealkylation sites (tertiary alicyclic amines) is 1. The number of hydrogen-bond donors (Lipinski definition) is 2. The SMILES string of the molecule is CNc1c(N)nc(OCC2CCOCC2)nc1N(C=O)Cc1ccc(-c2ccc(CN3CCCC3)cc2)c(C(F)(F)F)c1. The Bertz CT molecular complexity index is 1390. The molecule has 0 spiro atoms. The van der Waals surface area contributed by atoms with Crippen LogP contribution in [0.5, 0.6) is 6.01 Å². The number of hydrogen-bond acceptors (Lipinski definition) is 8. The van der Waals surface area contributed by atoms with Crippen LogP contribution in [0.4, 0.5) is 30.5 Å². The summed E-state index contributed by atoms with van der Waals surface area (Å²) in [5.41, 5.74) is 7.53. The highest BCUT2D eigenvalue weighted by Gasteiger charge is 2.34. The van der Waals surface area contributed by atoms with Gasteiger partial charge in [-0.1, -0.05) is 36.4 Å². The second-order valence-corrected chi connectivity index (χ2v) is 11.0. The number of carbonyl (C=O) groups excluding carboxylic acids is 1. The second kappa shape index (κ2) is 13.6. The van der Waals surface area contributed by atoms with E-state index in [4.69, 9.17) is 15.2 Å². The number of anilines is 3. The number of benzene rings is 2.